The molecule has 2 aromatic rings. The average molecular weight is 376 g/mol. The number of hydrogen-bond acceptors (Lipinski definition) is 3. The molecule has 0 aliphatic heterocycles. The molecule has 0 saturated carbocycles. The number of ketones is 1. The van der Waals surface area contributed by atoms with Crippen LogP contribution in [0.3, 0.4) is 0 Å². The molecule has 2 rings (SSSR count). The summed E-state index contributed by atoms with van der Waals surface area (Å²) in [5, 5.41) is 11.4. The fraction of sp³-hybridized carbons (Fsp3) is 0.476. The van der Waals surface area contributed by atoms with Crippen molar-refractivity contribution in [2.24, 2.45) is 7.05 Å². The van der Waals surface area contributed by atoms with Crippen LogP contribution >= 0.6 is 0 Å². The summed E-state index contributed by atoms with van der Waals surface area (Å²) in [6.45, 7) is 12.1. The van der Waals surface area contributed by atoms with Gasteiger partial charge in [0.25, 0.3) is 0 Å². The lowest BCUT2D eigenvalue weighted by molar-refractivity contribution is 0.103. The first-order valence-electron chi connectivity index (χ1n) is 8.66. The van der Waals surface area contributed by atoms with E-state index in [4.69, 9.17) is 0 Å². The van der Waals surface area contributed by atoms with Crippen molar-refractivity contribution in [3.63, 3.8) is 0 Å². The minimum atomic E-state index is -1.16. The van der Waals surface area contributed by atoms with Crippen LogP contribution in [0.2, 0.25) is 0 Å². The van der Waals surface area contributed by atoms with Crippen molar-refractivity contribution in [2.75, 3.05) is 6.26 Å². The van der Waals surface area contributed by atoms with Gasteiger partial charge in [-0.2, -0.15) is 0 Å². The first-order valence-corrected chi connectivity index (χ1v) is 10.2. The third-order valence-electron chi connectivity index (χ3n) is 4.50. The summed E-state index contributed by atoms with van der Waals surface area (Å²) in [5.41, 5.74) is 1.95. The maximum atomic E-state index is 13.1. The molecule has 4 nitrogen and oxygen atoms in total. The van der Waals surface area contributed by atoms with Crippen LogP contribution in [0.25, 0.3) is 0 Å². The van der Waals surface area contributed by atoms with Crippen LogP contribution in [-0.2, 0) is 29.1 Å². The number of aromatic hydroxyl groups is 1. The monoisotopic (exact) mass is 375 g/mol. The fourth-order valence-electron chi connectivity index (χ4n) is 3.03. The Bertz CT molecular complexity index is 801. The molecular formula is C21H29NO3S. The predicted octanol–water partition coefficient (Wildman–Crippen LogP) is 4.29. The van der Waals surface area contributed by atoms with E-state index in [1.165, 1.54) is 0 Å². The molecule has 1 atom stereocenters. The number of rotatable bonds is 3. The Morgan fingerprint density at radius 3 is 1.81 bits per heavy atom. The number of aryl methyl sites for hydroxylation is 1. The number of carbonyl (C=O) groups is 1. The minimum absolute atomic E-state index is 0.131. The van der Waals surface area contributed by atoms with Gasteiger partial charge in [0, 0.05) is 41.6 Å². The van der Waals surface area contributed by atoms with Gasteiger partial charge in [0.2, 0.25) is 5.03 Å². The highest BCUT2D eigenvalue weighted by atomic mass is 32.2. The number of phenolic OH excluding ortho intramolecular Hbond substituents is 1. The fourth-order valence-corrected chi connectivity index (χ4v) is 3.78. The Balaban J connectivity index is 2.66. The Morgan fingerprint density at radius 1 is 1.00 bits per heavy atom. The van der Waals surface area contributed by atoms with Gasteiger partial charge in [-0.25, -0.2) is 0 Å². The van der Waals surface area contributed by atoms with Gasteiger partial charge in [-0.05, 0) is 34.1 Å². The van der Waals surface area contributed by atoms with E-state index < -0.39 is 11.2 Å². The van der Waals surface area contributed by atoms with Gasteiger partial charge in [0.15, 0.2) is 5.78 Å². The number of aromatic nitrogens is 1. The highest BCUT2D eigenvalue weighted by Gasteiger charge is 2.28. The molecule has 26 heavy (non-hydrogen) atoms. The molecule has 0 radical (unpaired) electrons. The van der Waals surface area contributed by atoms with E-state index in [1.807, 2.05) is 41.5 Å². The summed E-state index contributed by atoms with van der Waals surface area (Å²) >= 11 is -1.16. The summed E-state index contributed by atoms with van der Waals surface area (Å²) in [5.74, 6) is 0.123. The predicted molar refractivity (Wildman–Crippen MR) is 107 cm³/mol. The van der Waals surface area contributed by atoms with Crippen molar-refractivity contribution in [3.8, 4) is 5.75 Å². The smallest absolute Gasteiger partial charge is 0.225 e. The first kappa shape index (κ1) is 20.6. The summed E-state index contributed by atoms with van der Waals surface area (Å²) < 4.78 is 13.5. The third kappa shape index (κ3) is 3.99. The summed E-state index contributed by atoms with van der Waals surface area (Å²) in [4.78, 5) is 13.1. The molecule has 1 unspecified atom stereocenters. The molecule has 0 amide bonds. The lowest BCUT2D eigenvalue weighted by atomic mass is 9.78. The molecular weight excluding hydrogens is 346 g/mol. The number of carbonyl (C=O) groups excluding carboxylic acids is 1. The molecule has 0 spiro atoms. The van der Waals surface area contributed by atoms with Gasteiger partial charge in [0.1, 0.15) is 12.0 Å². The summed E-state index contributed by atoms with van der Waals surface area (Å²) in [6.07, 6.45) is 3.30. The van der Waals surface area contributed by atoms with Crippen molar-refractivity contribution >= 4 is 17.0 Å². The van der Waals surface area contributed by atoms with Gasteiger partial charge < -0.3 is 14.2 Å². The van der Waals surface area contributed by atoms with E-state index in [0.717, 1.165) is 11.1 Å². The third-order valence-corrected chi connectivity index (χ3v) is 5.50. The molecule has 0 fully saturated rings. The molecule has 5 heteroatoms. The Morgan fingerprint density at radius 2 is 1.46 bits per heavy atom. The summed E-state index contributed by atoms with van der Waals surface area (Å²) in [6, 6.07) is 5.24. The van der Waals surface area contributed by atoms with E-state index in [-0.39, 0.29) is 22.4 Å². The molecule has 1 aromatic carbocycles. The topological polar surface area (TPSA) is 65.3 Å². The van der Waals surface area contributed by atoms with Crippen molar-refractivity contribution in [1.82, 2.24) is 4.57 Å². The van der Waals surface area contributed by atoms with Crippen molar-refractivity contribution in [3.05, 3.63) is 46.6 Å². The van der Waals surface area contributed by atoms with E-state index in [2.05, 4.69) is 0 Å². The Labute approximate surface area is 159 Å². The average Bonchev–Trinajstić information content (AvgIpc) is 2.86. The zero-order valence-electron chi connectivity index (χ0n) is 16.9. The van der Waals surface area contributed by atoms with Crippen LogP contribution in [0.4, 0.5) is 0 Å². The SMILES string of the molecule is Cn1cc(C(=O)c2cc(C(C)(C)C)c(O)c(C(C)(C)C)c2)cc1[S+](C)[O-]. The lowest BCUT2D eigenvalue weighted by Gasteiger charge is -2.28. The molecule has 1 heterocycles. The molecule has 0 bridgehead atoms. The molecule has 0 aliphatic carbocycles. The van der Waals surface area contributed by atoms with Crippen molar-refractivity contribution < 1.29 is 14.5 Å². The Hall–Kier alpha value is -1.72. The largest absolute Gasteiger partial charge is 0.610 e. The van der Waals surface area contributed by atoms with Gasteiger partial charge in [-0.3, -0.25) is 4.79 Å². The standard InChI is InChI=1S/C21H29NO3S/c1-20(2,3)15-9-13(10-16(19(15)24)21(4,5)6)18(23)14-11-17(26(8)25)22(7)12-14/h9-12,24H,1-8H3. The van der Waals surface area contributed by atoms with Crippen LogP contribution in [0.1, 0.15) is 68.6 Å². The maximum Gasteiger partial charge on any atom is 0.225 e. The Kier molecular flexibility index (Phi) is 5.37. The van der Waals surface area contributed by atoms with Gasteiger partial charge in [0.05, 0.1) is 0 Å². The normalized spacial score (nSPS) is 13.7. The molecule has 142 valence electrons. The van der Waals surface area contributed by atoms with E-state index in [0.29, 0.717) is 16.2 Å². The molecule has 0 aliphatic rings. The second-order valence-corrected chi connectivity index (χ2v) is 10.2. The lowest BCUT2D eigenvalue weighted by Crippen LogP contribution is -2.19. The second kappa shape index (κ2) is 6.78. The van der Waals surface area contributed by atoms with Crippen molar-refractivity contribution in [2.45, 2.75) is 57.4 Å². The highest BCUT2D eigenvalue weighted by molar-refractivity contribution is 7.90. The molecule has 1 N–H and O–H groups in total. The maximum absolute atomic E-state index is 13.1. The summed E-state index contributed by atoms with van der Waals surface area (Å²) in [7, 11) is 1.78. The van der Waals surface area contributed by atoms with Gasteiger partial charge >= 0.3 is 0 Å². The van der Waals surface area contributed by atoms with E-state index in [9.17, 15) is 14.5 Å². The minimum Gasteiger partial charge on any atom is -0.610 e. The first-order chi connectivity index (χ1) is 11.7. The van der Waals surface area contributed by atoms with Crippen LogP contribution in [0.5, 0.6) is 5.75 Å². The van der Waals surface area contributed by atoms with Gasteiger partial charge in [-0.1, -0.05) is 41.5 Å². The number of hydrogen-bond donors (Lipinski definition) is 1. The second-order valence-electron chi connectivity index (χ2n) is 8.88. The highest BCUT2D eigenvalue weighted by Crippen LogP contribution is 2.40. The van der Waals surface area contributed by atoms with E-state index >= 15 is 0 Å². The van der Waals surface area contributed by atoms with Crippen LogP contribution in [-0.4, -0.2) is 26.3 Å². The van der Waals surface area contributed by atoms with Crippen LogP contribution in [0, 0.1) is 0 Å². The number of phenols is 1. The zero-order valence-corrected chi connectivity index (χ0v) is 17.7. The molecule has 0 saturated heterocycles. The van der Waals surface area contributed by atoms with E-state index in [1.54, 1.807) is 42.3 Å². The number of nitrogens with zero attached hydrogens (tertiary/aromatic N) is 1. The zero-order chi connectivity index (χ0) is 20.0. The quantitative estimate of drug-likeness (QED) is 0.643. The van der Waals surface area contributed by atoms with Crippen LogP contribution < -0.4 is 0 Å². The number of benzene rings is 1. The van der Waals surface area contributed by atoms with Crippen molar-refractivity contribution in [1.29, 1.82) is 0 Å². The molecule has 1 aromatic heterocycles. The van der Waals surface area contributed by atoms with Gasteiger partial charge in [-0.15, -0.1) is 0 Å². The van der Waals surface area contributed by atoms with Crippen LogP contribution in [0.15, 0.2) is 29.4 Å².